The molecule has 0 fully saturated rings. The number of thiophene rings is 2. The van der Waals surface area contributed by atoms with Crippen molar-refractivity contribution < 1.29 is 6.13 Å². The lowest BCUT2D eigenvalue weighted by molar-refractivity contribution is 1.10. The predicted octanol–water partition coefficient (Wildman–Crippen LogP) is 19.4. The van der Waals surface area contributed by atoms with Crippen molar-refractivity contribution in [3.05, 3.63) is 238 Å². The van der Waals surface area contributed by atoms with E-state index in [1.165, 1.54) is 80.7 Å². The molecular formula is C65H41Br2FN6S2. The molecule has 1 aliphatic rings. The van der Waals surface area contributed by atoms with Crippen LogP contribution in [0.4, 0.5) is 4.70 Å². The summed E-state index contributed by atoms with van der Waals surface area (Å²) in [6.45, 7) is 0. The topological polar surface area (TPSA) is 61.4 Å². The molecule has 76 heavy (non-hydrogen) atoms. The molecule has 0 bridgehead atoms. The van der Waals surface area contributed by atoms with Crippen LogP contribution in [-0.4, -0.2) is 29.1 Å². The Morgan fingerprint density at radius 3 is 1.09 bits per heavy atom. The van der Waals surface area contributed by atoms with E-state index < -0.39 is 0 Å². The molecule has 0 unspecified atom stereocenters. The van der Waals surface area contributed by atoms with Crippen LogP contribution in [0.1, 0.15) is 12.6 Å². The van der Waals surface area contributed by atoms with Crippen LogP contribution in [-0.2, 0) is 6.42 Å². The van der Waals surface area contributed by atoms with Gasteiger partial charge in [-0.25, -0.2) is 19.9 Å². The lowest BCUT2D eigenvalue weighted by Gasteiger charge is -2.17. The molecule has 0 spiro atoms. The smallest absolute Gasteiger partial charge is 0.143 e. The van der Waals surface area contributed by atoms with E-state index in [1.807, 2.05) is 24.3 Å². The van der Waals surface area contributed by atoms with Crippen molar-refractivity contribution >= 4 is 161 Å². The van der Waals surface area contributed by atoms with Gasteiger partial charge in [-0.2, -0.15) is 0 Å². The highest BCUT2D eigenvalue weighted by molar-refractivity contribution is 9.13. The van der Waals surface area contributed by atoms with Crippen molar-refractivity contribution in [2.24, 2.45) is 0 Å². The van der Waals surface area contributed by atoms with Gasteiger partial charge in [-0.1, -0.05) is 158 Å². The third-order valence-corrected chi connectivity index (χ3v) is 18.4. The molecule has 364 valence electrons. The van der Waals surface area contributed by atoms with Gasteiger partial charge in [0.2, 0.25) is 0 Å². The molecule has 17 rings (SSSR count). The lowest BCUT2D eigenvalue weighted by Crippen LogP contribution is -2.04. The number of halogens is 3. The Balaban J connectivity index is 0.000000136. The van der Waals surface area contributed by atoms with Crippen LogP contribution in [0.3, 0.4) is 0 Å². The van der Waals surface area contributed by atoms with Crippen LogP contribution in [0.2, 0.25) is 0 Å². The zero-order valence-electron chi connectivity index (χ0n) is 40.2. The summed E-state index contributed by atoms with van der Waals surface area (Å²) < 4.78 is 9.23. The van der Waals surface area contributed by atoms with Crippen molar-refractivity contribution in [1.29, 1.82) is 0 Å². The zero-order valence-corrected chi connectivity index (χ0v) is 45.0. The molecule has 0 saturated carbocycles. The first-order valence-electron chi connectivity index (χ1n) is 24.7. The van der Waals surface area contributed by atoms with Crippen molar-refractivity contribution in [2.75, 3.05) is 0 Å². The molecule has 11 heteroatoms. The van der Waals surface area contributed by atoms with E-state index in [-0.39, 0.29) is 6.13 Å². The molecule has 0 saturated heterocycles. The van der Waals surface area contributed by atoms with Gasteiger partial charge in [-0.05, 0) is 121 Å². The normalized spacial score (nSPS) is 11.9. The summed E-state index contributed by atoms with van der Waals surface area (Å²) in [6, 6.07) is 77.3. The summed E-state index contributed by atoms with van der Waals surface area (Å²) in [5.74, 6) is 0. The predicted molar refractivity (Wildman–Crippen MR) is 328 cm³/mol. The first kappa shape index (κ1) is 46.3. The fourth-order valence-corrected chi connectivity index (χ4v) is 13.8. The summed E-state index contributed by atoms with van der Waals surface area (Å²) >= 11 is 10.4. The van der Waals surface area contributed by atoms with Crippen LogP contribution in [0.5, 0.6) is 0 Å². The summed E-state index contributed by atoms with van der Waals surface area (Å²) in [5, 5.41) is 7.26. The lowest BCUT2D eigenvalue weighted by atomic mass is 10.1. The van der Waals surface area contributed by atoms with Gasteiger partial charge in [-0.3, -0.25) is 4.70 Å². The first-order chi connectivity index (χ1) is 37.0. The standard InChI is InChI=1S/C38H22N4S.C14H6Br2N2S.C13H10.FH.H2/c1-6-16-30-23(11-1)24-12-2-7-17-31(24)41(30)34-21-28-29(40-38-37(39-28)27-15-5-10-20-36(27)43-38)22-35(34)42-32-18-8-3-13-25(32)26-14-4-9-19-33(26)42;15-8-5-10-11(6-9(8)16)18-14-13(17-10)7-3-1-2-4-12(7)19-14;1-3-7-12-10(5-1)9-11-6-2-4-8-13(11)12;;/h1-22H;1-6H;1-8H,9H2;2*1H. The summed E-state index contributed by atoms with van der Waals surface area (Å²) in [4.78, 5) is 21.9. The second-order valence-electron chi connectivity index (χ2n) is 18.8. The molecular weight excluding hydrogens is 1110 g/mol. The van der Waals surface area contributed by atoms with Gasteiger partial charge in [0.05, 0.1) is 55.5 Å². The summed E-state index contributed by atoms with van der Waals surface area (Å²) in [7, 11) is 0. The number of hydrogen-bond donors (Lipinski definition) is 0. The molecule has 0 radical (unpaired) electrons. The van der Waals surface area contributed by atoms with Crippen molar-refractivity contribution in [2.45, 2.75) is 6.42 Å². The van der Waals surface area contributed by atoms with Crippen LogP contribution < -0.4 is 0 Å². The Hall–Kier alpha value is -8.19. The first-order valence-corrected chi connectivity index (χ1v) is 27.9. The Morgan fingerprint density at radius 1 is 0.355 bits per heavy atom. The van der Waals surface area contributed by atoms with Gasteiger partial charge in [0.25, 0.3) is 0 Å². The number of benzene rings is 10. The van der Waals surface area contributed by atoms with Gasteiger partial charge in [0, 0.05) is 52.1 Å². The second-order valence-corrected chi connectivity index (χ2v) is 22.5. The van der Waals surface area contributed by atoms with Crippen LogP contribution in [0, 0.1) is 0 Å². The molecule has 6 aromatic heterocycles. The molecule has 10 aromatic carbocycles. The molecule has 16 aromatic rings. The largest absolute Gasteiger partial charge is 0.307 e. The van der Waals surface area contributed by atoms with Crippen molar-refractivity contribution in [3.8, 4) is 22.5 Å². The molecule has 6 heterocycles. The maximum absolute atomic E-state index is 5.27. The quantitative estimate of drug-likeness (QED) is 0.173. The molecule has 0 aliphatic heterocycles. The maximum Gasteiger partial charge on any atom is 0.143 e. The van der Waals surface area contributed by atoms with E-state index in [1.54, 1.807) is 22.7 Å². The van der Waals surface area contributed by atoms with Crippen molar-refractivity contribution in [1.82, 2.24) is 29.1 Å². The van der Waals surface area contributed by atoms with E-state index in [4.69, 9.17) is 19.9 Å². The Bertz CT molecular complexity index is 4860. The molecule has 0 amide bonds. The molecule has 0 N–H and O–H groups in total. The zero-order chi connectivity index (χ0) is 49.7. The maximum atomic E-state index is 5.27. The number of rotatable bonds is 2. The molecule has 0 atom stereocenters. The Kier molecular flexibility index (Phi) is 11.3. The molecule has 6 nitrogen and oxygen atoms in total. The van der Waals surface area contributed by atoms with Gasteiger partial charge in [0.1, 0.15) is 20.7 Å². The van der Waals surface area contributed by atoms with Gasteiger partial charge < -0.3 is 9.13 Å². The van der Waals surface area contributed by atoms with E-state index >= 15 is 0 Å². The van der Waals surface area contributed by atoms with Gasteiger partial charge in [-0.15, -0.1) is 22.7 Å². The fraction of sp³-hybridized carbons (Fsp3) is 0.0154. The third kappa shape index (κ3) is 7.51. The van der Waals surface area contributed by atoms with Gasteiger partial charge in [0.15, 0.2) is 0 Å². The van der Waals surface area contributed by atoms with Crippen molar-refractivity contribution in [3.63, 3.8) is 0 Å². The highest BCUT2D eigenvalue weighted by Gasteiger charge is 2.22. The van der Waals surface area contributed by atoms with Gasteiger partial charge >= 0.3 is 0 Å². The van der Waals surface area contributed by atoms with E-state index in [0.717, 1.165) is 74.9 Å². The summed E-state index contributed by atoms with van der Waals surface area (Å²) in [6.07, 6.45) is 1.10. The Labute approximate surface area is 460 Å². The average Bonchev–Trinajstić information content (AvgIpc) is 4.27. The van der Waals surface area contributed by atoms with Crippen LogP contribution in [0.15, 0.2) is 227 Å². The SMILES string of the molecule is Brc1cc2nc3sc4ccccc4c3nc2cc1Br.F.[HH].c1ccc2c(c1)Cc1ccccc1-2.c1ccc2c(c1)sc1nc3cc(-n4c5ccccc5c5ccccc54)c(-n4c5ccccc5c5ccccc54)cc3nc12. The number of para-hydroxylation sites is 4. The highest BCUT2D eigenvalue weighted by Crippen LogP contribution is 2.42. The van der Waals surface area contributed by atoms with E-state index in [2.05, 4.69) is 235 Å². The minimum absolute atomic E-state index is 0. The fourth-order valence-electron chi connectivity index (χ4n) is 11.1. The minimum atomic E-state index is 0. The third-order valence-electron chi connectivity index (χ3n) is 14.4. The Morgan fingerprint density at radius 2 is 0.671 bits per heavy atom. The molecule has 1 aliphatic carbocycles. The summed E-state index contributed by atoms with van der Waals surface area (Å²) in [5.41, 5.74) is 18.1. The number of fused-ring (bicyclic) bond motifs is 17. The minimum Gasteiger partial charge on any atom is -0.307 e. The average molecular weight is 1150 g/mol. The number of hydrogen-bond acceptors (Lipinski definition) is 6. The number of nitrogens with zero attached hydrogens (tertiary/aromatic N) is 6. The monoisotopic (exact) mass is 1150 g/mol. The second kappa shape index (κ2) is 18.6. The van der Waals surface area contributed by atoms with E-state index in [0.29, 0.717) is 0 Å². The number of aromatic nitrogens is 6. The van der Waals surface area contributed by atoms with Crippen LogP contribution >= 0.6 is 54.5 Å². The van der Waals surface area contributed by atoms with Crippen LogP contribution in [0.25, 0.3) is 129 Å². The van der Waals surface area contributed by atoms with E-state index in [9.17, 15) is 0 Å². The highest BCUT2D eigenvalue weighted by atomic mass is 79.9.